The van der Waals surface area contributed by atoms with Crippen molar-refractivity contribution < 1.29 is 9.18 Å². The quantitative estimate of drug-likeness (QED) is 0.602. The number of carbonyl (C=O) groups is 1. The van der Waals surface area contributed by atoms with E-state index in [0.29, 0.717) is 17.2 Å². The van der Waals surface area contributed by atoms with E-state index in [9.17, 15) is 9.18 Å². The molecule has 6 heteroatoms. The van der Waals surface area contributed by atoms with Crippen LogP contribution in [0.25, 0.3) is 0 Å². The highest BCUT2D eigenvalue weighted by Crippen LogP contribution is 2.48. The second-order valence-electron chi connectivity index (χ2n) is 7.56. The number of rotatable bonds is 2. The van der Waals surface area contributed by atoms with Gasteiger partial charge in [-0.05, 0) is 60.6 Å². The van der Waals surface area contributed by atoms with Gasteiger partial charge >= 0.3 is 0 Å². The first-order valence-corrected chi connectivity index (χ1v) is 10.1. The molecule has 2 aliphatic rings. The number of carbonyl (C=O) groups excluding carboxylic acids is 1. The molecule has 0 unspecified atom stereocenters. The lowest BCUT2D eigenvalue weighted by Crippen LogP contribution is -2.57. The summed E-state index contributed by atoms with van der Waals surface area (Å²) in [4.78, 5) is 20.0. The van der Waals surface area contributed by atoms with E-state index in [4.69, 9.17) is 12.2 Å². The second kappa shape index (κ2) is 6.85. The maximum atomic E-state index is 13.6. The molecular weight excluding hydrogens is 397 g/mol. The number of halogens is 1. The molecule has 1 spiro atoms. The molecule has 3 aromatic carbocycles. The van der Waals surface area contributed by atoms with Gasteiger partial charge in [-0.3, -0.25) is 9.69 Å². The fourth-order valence-electron chi connectivity index (χ4n) is 4.27. The third-order valence-electron chi connectivity index (χ3n) is 5.66. The van der Waals surface area contributed by atoms with Crippen molar-refractivity contribution in [2.75, 3.05) is 10.2 Å². The Morgan fingerprint density at radius 2 is 1.80 bits per heavy atom. The SMILES string of the molecule is Cc1ccc2c(c1)NC(=O)[C@]21CC(c2ccc(F)cc2)=NC(=S)N1c1ccccc1. The van der Waals surface area contributed by atoms with Crippen LogP contribution in [0.1, 0.15) is 23.1 Å². The summed E-state index contributed by atoms with van der Waals surface area (Å²) < 4.78 is 13.5. The van der Waals surface area contributed by atoms with E-state index in [-0.39, 0.29) is 11.7 Å². The van der Waals surface area contributed by atoms with Crippen molar-refractivity contribution in [3.63, 3.8) is 0 Å². The standard InChI is InChI=1S/C24H18FN3OS/c1-15-7-12-19-20(13-15)26-22(29)24(19)14-21(16-8-10-17(25)11-9-16)27-23(30)28(24)18-5-3-2-4-6-18/h2-13H,14H2,1H3,(H,26,29)/t24-/m0/s1. The minimum Gasteiger partial charge on any atom is -0.323 e. The summed E-state index contributed by atoms with van der Waals surface area (Å²) in [7, 11) is 0. The summed E-state index contributed by atoms with van der Waals surface area (Å²) in [6.45, 7) is 1.99. The maximum absolute atomic E-state index is 13.6. The van der Waals surface area contributed by atoms with Gasteiger partial charge in [0.05, 0.1) is 5.71 Å². The lowest BCUT2D eigenvalue weighted by atomic mass is 9.81. The Kier molecular flexibility index (Phi) is 4.25. The van der Waals surface area contributed by atoms with Gasteiger partial charge < -0.3 is 5.32 Å². The number of amides is 1. The molecule has 0 aromatic heterocycles. The lowest BCUT2D eigenvalue weighted by molar-refractivity contribution is -0.120. The first kappa shape index (κ1) is 18.6. The van der Waals surface area contributed by atoms with E-state index < -0.39 is 5.54 Å². The zero-order valence-corrected chi connectivity index (χ0v) is 17.0. The molecule has 2 heterocycles. The predicted octanol–water partition coefficient (Wildman–Crippen LogP) is 4.97. The summed E-state index contributed by atoms with van der Waals surface area (Å²) in [6, 6.07) is 21.7. The molecule has 3 aromatic rings. The molecule has 0 fully saturated rings. The molecule has 30 heavy (non-hydrogen) atoms. The first-order valence-electron chi connectivity index (χ1n) is 9.64. The van der Waals surface area contributed by atoms with Gasteiger partial charge in [0.2, 0.25) is 5.11 Å². The van der Waals surface area contributed by atoms with E-state index in [1.165, 1.54) is 12.1 Å². The molecule has 4 nitrogen and oxygen atoms in total. The molecule has 1 atom stereocenters. The van der Waals surface area contributed by atoms with Gasteiger partial charge in [-0.25, -0.2) is 9.38 Å². The van der Waals surface area contributed by atoms with Crippen LogP contribution in [0.2, 0.25) is 0 Å². The van der Waals surface area contributed by atoms with Crippen molar-refractivity contribution in [3.8, 4) is 0 Å². The number of anilines is 2. The summed E-state index contributed by atoms with van der Waals surface area (Å²) in [6.07, 6.45) is 0.315. The number of benzene rings is 3. The van der Waals surface area contributed by atoms with Gasteiger partial charge in [0.15, 0.2) is 5.54 Å². The first-order chi connectivity index (χ1) is 14.5. The van der Waals surface area contributed by atoms with E-state index in [0.717, 1.165) is 28.1 Å². The van der Waals surface area contributed by atoms with Crippen LogP contribution in [0, 0.1) is 12.7 Å². The summed E-state index contributed by atoms with van der Waals surface area (Å²) in [5.41, 5.74) is 3.85. The normalized spacial score (nSPS) is 20.2. The monoisotopic (exact) mass is 415 g/mol. The Hall–Kier alpha value is -3.38. The number of nitrogens with one attached hydrogen (secondary N) is 1. The Bertz CT molecular complexity index is 1210. The number of para-hydroxylation sites is 1. The number of hydrogen-bond donors (Lipinski definition) is 1. The Morgan fingerprint density at radius 3 is 2.53 bits per heavy atom. The van der Waals surface area contributed by atoms with Crippen molar-refractivity contribution in [1.29, 1.82) is 0 Å². The zero-order valence-electron chi connectivity index (χ0n) is 16.2. The summed E-state index contributed by atoms with van der Waals surface area (Å²) in [5.74, 6) is -0.471. The minimum atomic E-state index is -1.06. The summed E-state index contributed by atoms with van der Waals surface area (Å²) in [5, 5.41) is 3.35. The van der Waals surface area contributed by atoms with Gasteiger partial charge in [-0.1, -0.05) is 42.5 Å². The fourth-order valence-corrected chi connectivity index (χ4v) is 4.65. The molecule has 0 saturated heterocycles. The van der Waals surface area contributed by atoms with Crippen LogP contribution in [0.15, 0.2) is 77.8 Å². The van der Waals surface area contributed by atoms with Crippen molar-refractivity contribution in [3.05, 3.63) is 95.3 Å². The number of aliphatic imine (C=N–C) groups is 1. The van der Waals surface area contributed by atoms with Crippen LogP contribution in [-0.4, -0.2) is 16.7 Å². The number of fused-ring (bicyclic) bond motifs is 2. The molecule has 0 radical (unpaired) electrons. The maximum Gasteiger partial charge on any atom is 0.255 e. The topological polar surface area (TPSA) is 44.7 Å². The fraction of sp³-hybridized carbons (Fsp3) is 0.125. The van der Waals surface area contributed by atoms with Crippen LogP contribution in [0.4, 0.5) is 15.8 Å². The van der Waals surface area contributed by atoms with Crippen molar-refractivity contribution in [2.24, 2.45) is 4.99 Å². The second-order valence-corrected chi connectivity index (χ2v) is 7.92. The average Bonchev–Trinajstić information content (AvgIpc) is 2.99. The smallest absolute Gasteiger partial charge is 0.255 e. The molecule has 0 aliphatic carbocycles. The predicted molar refractivity (Wildman–Crippen MR) is 121 cm³/mol. The highest BCUT2D eigenvalue weighted by molar-refractivity contribution is 7.80. The number of hydrogen-bond acceptors (Lipinski definition) is 2. The van der Waals surface area contributed by atoms with Gasteiger partial charge in [-0.2, -0.15) is 0 Å². The number of nitrogens with zero attached hydrogens (tertiary/aromatic N) is 2. The Labute approximate surface area is 179 Å². The molecule has 0 saturated carbocycles. The highest BCUT2D eigenvalue weighted by atomic mass is 32.1. The van der Waals surface area contributed by atoms with Gasteiger partial charge in [-0.15, -0.1) is 0 Å². The Morgan fingerprint density at radius 1 is 1.07 bits per heavy atom. The third-order valence-corrected chi connectivity index (χ3v) is 5.94. The molecule has 2 aliphatic heterocycles. The van der Waals surface area contributed by atoms with E-state index in [1.807, 2.05) is 60.4 Å². The van der Waals surface area contributed by atoms with E-state index in [2.05, 4.69) is 10.3 Å². The van der Waals surface area contributed by atoms with Crippen molar-refractivity contribution in [2.45, 2.75) is 18.9 Å². The Balaban J connectivity index is 1.74. The zero-order chi connectivity index (χ0) is 20.9. The number of thiocarbonyl (C=S) groups is 1. The van der Waals surface area contributed by atoms with Crippen LogP contribution >= 0.6 is 12.2 Å². The molecule has 0 bridgehead atoms. The van der Waals surface area contributed by atoms with Crippen LogP contribution in [0.5, 0.6) is 0 Å². The summed E-state index contributed by atoms with van der Waals surface area (Å²) >= 11 is 5.71. The van der Waals surface area contributed by atoms with Crippen molar-refractivity contribution >= 4 is 40.3 Å². The van der Waals surface area contributed by atoms with Gasteiger partial charge in [0.25, 0.3) is 5.91 Å². The van der Waals surface area contributed by atoms with Crippen LogP contribution in [0.3, 0.4) is 0 Å². The number of aryl methyl sites for hydroxylation is 1. The molecule has 5 rings (SSSR count). The average molecular weight is 415 g/mol. The van der Waals surface area contributed by atoms with E-state index >= 15 is 0 Å². The lowest BCUT2D eigenvalue weighted by Gasteiger charge is -2.43. The third kappa shape index (κ3) is 2.75. The van der Waals surface area contributed by atoms with Gasteiger partial charge in [0, 0.05) is 23.4 Å². The van der Waals surface area contributed by atoms with E-state index in [1.54, 1.807) is 12.1 Å². The molecule has 1 N–H and O–H groups in total. The van der Waals surface area contributed by atoms with Crippen molar-refractivity contribution in [1.82, 2.24) is 0 Å². The van der Waals surface area contributed by atoms with Crippen LogP contribution in [-0.2, 0) is 10.3 Å². The highest BCUT2D eigenvalue weighted by Gasteiger charge is 2.55. The van der Waals surface area contributed by atoms with Gasteiger partial charge in [0.1, 0.15) is 5.82 Å². The van der Waals surface area contributed by atoms with Crippen LogP contribution < -0.4 is 10.2 Å². The minimum absolute atomic E-state index is 0.149. The molecular formula is C24H18FN3OS. The molecule has 1 amide bonds. The largest absolute Gasteiger partial charge is 0.323 e. The molecule has 148 valence electrons.